The molecular weight excluding hydrogens is 284 g/mol. The van der Waals surface area contributed by atoms with E-state index < -0.39 is 0 Å². The zero-order chi connectivity index (χ0) is 16.7. The summed E-state index contributed by atoms with van der Waals surface area (Å²) in [7, 11) is 3.55. The highest BCUT2D eigenvalue weighted by molar-refractivity contribution is 6.05. The van der Waals surface area contributed by atoms with Gasteiger partial charge in [-0.2, -0.15) is 0 Å². The lowest BCUT2D eigenvalue weighted by Gasteiger charge is -2.24. The van der Waals surface area contributed by atoms with Gasteiger partial charge in [0.05, 0.1) is 12.3 Å². The van der Waals surface area contributed by atoms with E-state index in [0.29, 0.717) is 6.61 Å². The fourth-order valence-electron chi connectivity index (χ4n) is 3.30. The molecular formula is C20H30N2O. The number of nitrogens with one attached hydrogen (secondary N) is 1. The Morgan fingerprint density at radius 3 is 2.65 bits per heavy atom. The lowest BCUT2D eigenvalue weighted by molar-refractivity contribution is 0.245. The average Bonchev–Trinajstić information content (AvgIpc) is 2.60. The van der Waals surface area contributed by atoms with Crippen LogP contribution in [0, 0.1) is 5.92 Å². The second-order valence-electron chi connectivity index (χ2n) is 6.34. The van der Waals surface area contributed by atoms with E-state index in [0.717, 1.165) is 37.6 Å². The average molecular weight is 314 g/mol. The molecule has 1 aromatic rings. The predicted molar refractivity (Wildman–Crippen MR) is 99.4 cm³/mol. The van der Waals surface area contributed by atoms with Crippen molar-refractivity contribution >= 4 is 11.3 Å². The van der Waals surface area contributed by atoms with Crippen molar-refractivity contribution in [3.05, 3.63) is 41.5 Å². The first-order chi connectivity index (χ1) is 11.2. The number of hydrogen-bond acceptors (Lipinski definition) is 3. The molecule has 0 atom stereocenters. The topological polar surface area (TPSA) is 33.6 Å². The van der Waals surface area contributed by atoms with Gasteiger partial charge in [0, 0.05) is 19.7 Å². The fraction of sp³-hybridized carbons (Fsp3) is 0.550. The Morgan fingerprint density at radius 1 is 1.30 bits per heavy atom. The quantitative estimate of drug-likeness (QED) is 0.778. The van der Waals surface area contributed by atoms with Gasteiger partial charge in [-0.05, 0) is 61.4 Å². The van der Waals surface area contributed by atoms with Crippen LogP contribution < -0.4 is 5.32 Å². The van der Waals surface area contributed by atoms with Crippen LogP contribution in [0.4, 0.5) is 0 Å². The Balaban J connectivity index is 2.27. The maximum atomic E-state index is 5.32. The summed E-state index contributed by atoms with van der Waals surface area (Å²) >= 11 is 0. The monoisotopic (exact) mass is 314 g/mol. The van der Waals surface area contributed by atoms with Crippen molar-refractivity contribution in [1.29, 1.82) is 0 Å². The van der Waals surface area contributed by atoms with Crippen molar-refractivity contribution in [1.82, 2.24) is 5.32 Å². The lowest BCUT2D eigenvalue weighted by atomic mass is 9.86. The smallest absolute Gasteiger partial charge is 0.0885 e. The highest BCUT2D eigenvalue weighted by Gasteiger charge is 2.18. The normalized spacial score (nSPS) is 16.6. The van der Waals surface area contributed by atoms with E-state index in [-0.39, 0.29) is 0 Å². The van der Waals surface area contributed by atoms with E-state index in [4.69, 9.17) is 4.74 Å². The van der Waals surface area contributed by atoms with Crippen molar-refractivity contribution in [3.63, 3.8) is 0 Å². The molecule has 1 fully saturated rings. The predicted octanol–water partition coefficient (Wildman–Crippen LogP) is 3.72. The van der Waals surface area contributed by atoms with Crippen LogP contribution in [0.1, 0.15) is 42.9 Å². The molecule has 1 saturated heterocycles. The fourth-order valence-corrected chi connectivity index (χ4v) is 3.30. The molecule has 0 unspecified atom stereocenters. The number of aliphatic imine (C=N–C) groups is 1. The number of rotatable bonds is 7. The number of piperidine rings is 1. The molecule has 0 amide bonds. The first-order valence-corrected chi connectivity index (χ1v) is 8.66. The number of nitrogens with zero attached hydrogens (tertiary/aromatic N) is 1. The zero-order valence-electron chi connectivity index (χ0n) is 14.8. The molecule has 1 aromatic carbocycles. The van der Waals surface area contributed by atoms with Crippen molar-refractivity contribution in [2.75, 3.05) is 33.9 Å². The van der Waals surface area contributed by atoms with Gasteiger partial charge in [-0.3, -0.25) is 4.99 Å². The van der Waals surface area contributed by atoms with E-state index >= 15 is 0 Å². The Kier molecular flexibility index (Phi) is 7.00. The van der Waals surface area contributed by atoms with E-state index in [1.807, 2.05) is 7.05 Å². The molecule has 0 spiro atoms. The number of allylic oxidation sites excluding steroid dienone is 1. The second-order valence-corrected chi connectivity index (χ2v) is 6.34. The maximum absolute atomic E-state index is 5.32. The minimum atomic E-state index is 0.537. The third kappa shape index (κ3) is 4.76. The minimum Gasteiger partial charge on any atom is -0.378 e. The van der Waals surface area contributed by atoms with Crippen LogP contribution in [-0.2, 0) is 11.2 Å². The van der Waals surface area contributed by atoms with Crippen molar-refractivity contribution in [3.8, 4) is 0 Å². The van der Waals surface area contributed by atoms with Gasteiger partial charge in [0.2, 0.25) is 0 Å². The number of hydrogen-bond donors (Lipinski definition) is 1. The van der Waals surface area contributed by atoms with Gasteiger partial charge in [0.1, 0.15) is 0 Å². The molecule has 23 heavy (non-hydrogen) atoms. The van der Waals surface area contributed by atoms with Gasteiger partial charge in [0.25, 0.3) is 0 Å². The molecule has 3 heteroatoms. The molecule has 0 radical (unpaired) electrons. The molecule has 2 rings (SSSR count). The van der Waals surface area contributed by atoms with E-state index in [2.05, 4.69) is 42.0 Å². The third-order valence-electron chi connectivity index (χ3n) is 4.73. The number of methoxy groups -OCH3 is 1. The second kappa shape index (κ2) is 8.99. The summed E-state index contributed by atoms with van der Waals surface area (Å²) in [6.45, 7) is 9.41. The van der Waals surface area contributed by atoms with Crippen LogP contribution in [0.25, 0.3) is 5.57 Å². The van der Waals surface area contributed by atoms with Gasteiger partial charge in [0.15, 0.2) is 0 Å². The van der Waals surface area contributed by atoms with E-state index in [1.165, 1.54) is 35.1 Å². The van der Waals surface area contributed by atoms with Crippen LogP contribution in [0.2, 0.25) is 0 Å². The standard InChI is InChI=1S/C20H30N2O/c1-5-16-6-7-18(20(21-3)14-23-4)19(13-16)15(2)12-17-8-10-22-11-9-17/h6-7,13,17,22H,2,5,8-12,14H2,1,3-4H3. The first kappa shape index (κ1) is 17.9. The van der Waals surface area contributed by atoms with Gasteiger partial charge in [-0.25, -0.2) is 0 Å². The molecule has 0 aliphatic carbocycles. The largest absolute Gasteiger partial charge is 0.378 e. The highest BCUT2D eigenvalue weighted by Crippen LogP contribution is 2.29. The molecule has 0 aromatic heterocycles. The van der Waals surface area contributed by atoms with Crippen LogP contribution in [0.3, 0.4) is 0 Å². The van der Waals surface area contributed by atoms with Gasteiger partial charge in [-0.1, -0.05) is 31.7 Å². The Morgan fingerprint density at radius 2 is 2.04 bits per heavy atom. The van der Waals surface area contributed by atoms with E-state index in [9.17, 15) is 0 Å². The zero-order valence-corrected chi connectivity index (χ0v) is 14.8. The van der Waals surface area contributed by atoms with Gasteiger partial charge < -0.3 is 10.1 Å². The molecule has 0 saturated carbocycles. The maximum Gasteiger partial charge on any atom is 0.0885 e. The van der Waals surface area contributed by atoms with Gasteiger partial charge >= 0.3 is 0 Å². The molecule has 0 bridgehead atoms. The molecule has 1 N–H and O–H groups in total. The molecule has 126 valence electrons. The van der Waals surface area contributed by atoms with Gasteiger partial charge in [-0.15, -0.1) is 0 Å². The van der Waals surface area contributed by atoms with Crippen molar-refractivity contribution < 1.29 is 4.74 Å². The number of ether oxygens (including phenoxy) is 1. The summed E-state index contributed by atoms with van der Waals surface area (Å²) in [6.07, 6.45) is 4.60. The van der Waals surface area contributed by atoms with E-state index in [1.54, 1.807) is 7.11 Å². The summed E-state index contributed by atoms with van der Waals surface area (Å²) in [5.41, 5.74) is 6.00. The summed E-state index contributed by atoms with van der Waals surface area (Å²) in [6, 6.07) is 6.67. The molecule has 1 aliphatic rings. The van der Waals surface area contributed by atoms with Crippen molar-refractivity contribution in [2.45, 2.75) is 32.6 Å². The number of aryl methyl sites for hydroxylation is 1. The SMILES string of the molecule is C=C(CC1CCNCC1)c1cc(CC)ccc1C(COC)=NC. The summed E-state index contributed by atoms with van der Waals surface area (Å²) in [4.78, 5) is 4.43. The van der Waals surface area contributed by atoms with Crippen molar-refractivity contribution in [2.24, 2.45) is 10.9 Å². The third-order valence-corrected chi connectivity index (χ3v) is 4.73. The summed E-state index contributed by atoms with van der Waals surface area (Å²) in [5.74, 6) is 0.742. The molecule has 1 aliphatic heterocycles. The summed E-state index contributed by atoms with van der Waals surface area (Å²) < 4.78 is 5.32. The number of benzene rings is 1. The highest BCUT2D eigenvalue weighted by atomic mass is 16.5. The van der Waals surface area contributed by atoms with Crippen LogP contribution in [-0.4, -0.2) is 39.6 Å². The molecule has 1 heterocycles. The Bertz CT molecular complexity index is 557. The Hall–Kier alpha value is -1.45. The molecule has 3 nitrogen and oxygen atoms in total. The summed E-state index contributed by atoms with van der Waals surface area (Å²) in [5, 5.41) is 3.44. The Labute approximate surface area is 140 Å². The van der Waals surface area contributed by atoms with Crippen LogP contribution >= 0.6 is 0 Å². The lowest BCUT2D eigenvalue weighted by Crippen LogP contribution is -2.27. The first-order valence-electron chi connectivity index (χ1n) is 8.66. The van der Waals surface area contributed by atoms with Crippen LogP contribution in [0.15, 0.2) is 29.8 Å². The van der Waals surface area contributed by atoms with Crippen LogP contribution in [0.5, 0.6) is 0 Å². The minimum absolute atomic E-state index is 0.537.